The third-order valence-corrected chi connectivity index (χ3v) is 2.96. The van der Waals surface area contributed by atoms with E-state index < -0.39 is 0 Å². The van der Waals surface area contributed by atoms with Gasteiger partial charge in [0.15, 0.2) is 0 Å². The Bertz CT molecular complexity index is 731. The van der Waals surface area contributed by atoms with Crippen molar-refractivity contribution in [2.75, 3.05) is 5.73 Å². The van der Waals surface area contributed by atoms with Crippen LogP contribution in [0.2, 0.25) is 0 Å². The number of para-hydroxylation sites is 1. The maximum Gasteiger partial charge on any atom is 0.149 e. The molecule has 1 heterocycles. The Labute approximate surface area is 104 Å². The van der Waals surface area contributed by atoms with E-state index in [9.17, 15) is 5.11 Å². The number of imidazole rings is 1. The van der Waals surface area contributed by atoms with Crippen LogP contribution in [-0.4, -0.2) is 15.1 Å². The van der Waals surface area contributed by atoms with Gasteiger partial charge in [0.25, 0.3) is 0 Å². The molecule has 18 heavy (non-hydrogen) atoms. The molecule has 0 radical (unpaired) electrons. The van der Waals surface area contributed by atoms with E-state index in [-0.39, 0.29) is 5.75 Å². The molecule has 0 atom stereocenters. The molecule has 0 bridgehead atoms. The third-order valence-electron chi connectivity index (χ3n) is 2.96. The molecule has 2 aromatic carbocycles. The molecular formula is C14H13N3O. The van der Waals surface area contributed by atoms with E-state index >= 15 is 0 Å². The molecule has 0 unspecified atom stereocenters. The highest BCUT2D eigenvalue weighted by atomic mass is 16.3. The predicted molar refractivity (Wildman–Crippen MR) is 72.3 cm³/mol. The highest BCUT2D eigenvalue weighted by Crippen LogP contribution is 2.32. The van der Waals surface area contributed by atoms with E-state index in [1.165, 1.54) is 0 Å². The number of nitrogens with one attached hydrogen (secondary N) is 1. The predicted octanol–water partition coefficient (Wildman–Crippen LogP) is 2.83. The van der Waals surface area contributed by atoms with Gasteiger partial charge >= 0.3 is 0 Å². The smallest absolute Gasteiger partial charge is 0.149 e. The second-order valence-electron chi connectivity index (χ2n) is 4.35. The number of rotatable bonds is 1. The third kappa shape index (κ3) is 1.59. The Kier molecular flexibility index (Phi) is 2.23. The number of fused-ring (bicyclic) bond motifs is 1. The van der Waals surface area contributed by atoms with Gasteiger partial charge in [0.1, 0.15) is 11.6 Å². The summed E-state index contributed by atoms with van der Waals surface area (Å²) in [5.41, 5.74) is 9.64. The van der Waals surface area contributed by atoms with E-state index in [4.69, 9.17) is 5.73 Å². The standard InChI is InChI=1S/C14H13N3O/c1-8-5-6-11-12(7-8)17-14(16-11)9-3-2-4-10(15)13(9)18/h2-7,18H,15H2,1H3,(H,16,17). The number of aromatic hydroxyl groups is 1. The minimum Gasteiger partial charge on any atom is -0.505 e. The lowest BCUT2D eigenvalue weighted by molar-refractivity contribution is 0.479. The van der Waals surface area contributed by atoms with Crippen molar-refractivity contribution >= 4 is 16.7 Å². The zero-order valence-electron chi connectivity index (χ0n) is 9.94. The number of nitrogen functional groups attached to an aromatic ring is 1. The van der Waals surface area contributed by atoms with Crippen LogP contribution in [0, 0.1) is 6.92 Å². The topological polar surface area (TPSA) is 74.9 Å². The maximum atomic E-state index is 9.95. The van der Waals surface area contributed by atoms with Gasteiger partial charge in [-0.25, -0.2) is 4.98 Å². The molecule has 3 aromatic rings. The fourth-order valence-electron chi connectivity index (χ4n) is 2.00. The number of hydrogen-bond donors (Lipinski definition) is 3. The van der Waals surface area contributed by atoms with E-state index in [1.54, 1.807) is 18.2 Å². The molecule has 0 fully saturated rings. The number of nitrogens with zero attached hydrogens (tertiary/aromatic N) is 1. The van der Waals surface area contributed by atoms with Crippen molar-refractivity contribution in [3.05, 3.63) is 42.0 Å². The number of aryl methyl sites for hydroxylation is 1. The summed E-state index contributed by atoms with van der Waals surface area (Å²) < 4.78 is 0. The van der Waals surface area contributed by atoms with Crippen LogP contribution in [0.4, 0.5) is 5.69 Å². The van der Waals surface area contributed by atoms with E-state index in [0.717, 1.165) is 16.6 Å². The number of anilines is 1. The molecule has 90 valence electrons. The van der Waals surface area contributed by atoms with Crippen LogP contribution in [-0.2, 0) is 0 Å². The minimum absolute atomic E-state index is 0.0632. The van der Waals surface area contributed by atoms with Crippen molar-refractivity contribution in [2.24, 2.45) is 0 Å². The van der Waals surface area contributed by atoms with Gasteiger partial charge in [-0.3, -0.25) is 0 Å². The van der Waals surface area contributed by atoms with Gasteiger partial charge in [0.05, 0.1) is 22.3 Å². The van der Waals surface area contributed by atoms with Gasteiger partial charge < -0.3 is 15.8 Å². The number of H-pyrrole nitrogens is 1. The number of aromatic amines is 1. The largest absolute Gasteiger partial charge is 0.505 e. The van der Waals surface area contributed by atoms with Crippen LogP contribution in [0.5, 0.6) is 5.75 Å². The molecular weight excluding hydrogens is 226 g/mol. The number of benzene rings is 2. The first-order valence-electron chi connectivity index (χ1n) is 5.69. The zero-order chi connectivity index (χ0) is 12.7. The zero-order valence-corrected chi connectivity index (χ0v) is 9.94. The minimum atomic E-state index is 0.0632. The molecule has 0 aliphatic rings. The first-order valence-corrected chi connectivity index (χ1v) is 5.69. The molecule has 0 aliphatic heterocycles. The van der Waals surface area contributed by atoms with Crippen molar-refractivity contribution < 1.29 is 5.11 Å². The second-order valence-corrected chi connectivity index (χ2v) is 4.35. The first kappa shape index (κ1) is 10.7. The molecule has 0 aliphatic carbocycles. The Morgan fingerprint density at radius 2 is 2.06 bits per heavy atom. The van der Waals surface area contributed by atoms with Crippen LogP contribution in [0.15, 0.2) is 36.4 Å². The SMILES string of the molecule is Cc1ccc2nc(-c3cccc(N)c3O)[nH]c2c1. The molecule has 0 spiro atoms. The summed E-state index contributed by atoms with van der Waals surface area (Å²) in [5, 5.41) is 9.95. The van der Waals surface area contributed by atoms with Crippen LogP contribution in [0.1, 0.15) is 5.56 Å². The Hall–Kier alpha value is -2.49. The van der Waals surface area contributed by atoms with Gasteiger partial charge in [-0.05, 0) is 36.8 Å². The molecule has 0 saturated heterocycles. The summed E-state index contributed by atoms with van der Waals surface area (Å²) in [6.07, 6.45) is 0. The number of aromatic nitrogens is 2. The average molecular weight is 239 g/mol. The van der Waals surface area contributed by atoms with E-state index in [1.807, 2.05) is 25.1 Å². The molecule has 3 rings (SSSR count). The van der Waals surface area contributed by atoms with Crippen LogP contribution in [0.3, 0.4) is 0 Å². The van der Waals surface area contributed by atoms with Crippen molar-refractivity contribution in [2.45, 2.75) is 6.92 Å². The lowest BCUT2D eigenvalue weighted by Gasteiger charge is -2.03. The summed E-state index contributed by atoms with van der Waals surface area (Å²) in [6.45, 7) is 2.03. The van der Waals surface area contributed by atoms with Gasteiger partial charge in [0.2, 0.25) is 0 Å². The maximum absolute atomic E-state index is 9.95. The summed E-state index contributed by atoms with van der Waals surface area (Å²) in [4.78, 5) is 7.65. The Morgan fingerprint density at radius 1 is 1.22 bits per heavy atom. The number of phenols is 1. The lowest BCUT2D eigenvalue weighted by atomic mass is 10.1. The van der Waals surface area contributed by atoms with E-state index in [0.29, 0.717) is 17.1 Å². The van der Waals surface area contributed by atoms with Crippen LogP contribution in [0.25, 0.3) is 22.4 Å². The summed E-state index contributed by atoms with van der Waals surface area (Å²) in [7, 11) is 0. The van der Waals surface area contributed by atoms with Crippen molar-refractivity contribution in [1.82, 2.24) is 9.97 Å². The number of hydrogen-bond acceptors (Lipinski definition) is 3. The van der Waals surface area contributed by atoms with Gasteiger partial charge in [-0.1, -0.05) is 12.1 Å². The fraction of sp³-hybridized carbons (Fsp3) is 0.0714. The average Bonchev–Trinajstić information content (AvgIpc) is 2.75. The number of phenolic OH excluding ortho intramolecular Hbond substituents is 1. The molecule has 4 nitrogen and oxygen atoms in total. The van der Waals surface area contributed by atoms with Gasteiger partial charge in [-0.15, -0.1) is 0 Å². The highest BCUT2D eigenvalue weighted by molar-refractivity contribution is 5.82. The first-order chi connectivity index (χ1) is 8.65. The summed E-state index contributed by atoms with van der Waals surface area (Å²) >= 11 is 0. The van der Waals surface area contributed by atoms with E-state index in [2.05, 4.69) is 9.97 Å². The fourth-order valence-corrected chi connectivity index (χ4v) is 2.00. The van der Waals surface area contributed by atoms with Crippen LogP contribution < -0.4 is 5.73 Å². The Morgan fingerprint density at radius 3 is 2.89 bits per heavy atom. The monoisotopic (exact) mass is 239 g/mol. The van der Waals surface area contributed by atoms with Crippen molar-refractivity contribution in [1.29, 1.82) is 0 Å². The molecule has 4 N–H and O–H groups in total. The lowest BCUT2D eigenvalue weighted by Crippen LogP contribution is -1.88. The normalized spacial score (nSPS) is 10.9. The molecule has 0 amide bonds. The van der Waals surface area contributed by atoms with Gasteiger partial charge in [-0.2, -0.15) is 0 Å². The van der Waals surface area contributed by atoms with Crippen LogP contribution >= 0.6 is 0 Å². The van der Waals surface area contributed by atoms with Crippen molar-refractivity contribution in [3.63, 3.8) is 0 Å². The molecule has 0 saturated carbocycles. The molecule has 1 aromatic heterocycles. The number of nitrogens with two attached hydrogens (primary N) is 1. The second kappa shape index (κ2) is 3.77. The summed E-state index contributed by atoms with van der Waals surface area (Å²) in [6, 6.07) is 11.2. The van der Waals surface area contributed by atoms with Crippen molar-refractivity contribution in [3.8, 4) is 17.1 Å². The molecule has 4 heteroatoms. The quantitative estimate of drug-likeness (QED) is 0.451. The summed E-state index contributed by atoms with van der Waals surface area (Å²) in [5.74, 6) is 0.689. The Balaban J connectivity index is 2.22. The van der Waals surface area contributed by atoms with Gasteiger partial charge in [0, 0.05) is 0 Å². The highest BCUT2D eigenvalue weighted by Gasteiger charge is 2.11.